The molecule has 1 aromatic rings. The molecule has 0 saturated heterocycles. The van der Waals surface area contributed by atoms with E-state index in [4.69, 9.17) is 11.7 Å². The number of hydrogen-bond donors (Lipinski definition) is 0. The van der Waals surface area contributed by atoms with Crippen LogP contribution in [-0.4, -0.2) is 13.6 Å². The van der Waals surface area contributed by atoms with Gasteiger partial charge in [-0.1, -0.05) is 0 Å². The highest BCUT2D eigenvalue weighted by molar-refractivity contribution is 5.48. The Morgan fingerprint density at radius 2 is 2.00 bits per heavy atom. The van der Waals surface area contributed by atoms with E-state index in [2.05, 4.69) is 16.9 Å². The van der Waals surface area contributed by atoms with E-state index >= 15 is 0 Å². The number of nitrogens with zero attached hydrogens (tertiary/aromatic N) is 2. The minimum absolute atomic E-state index is 0.691. The van der Waals surface area contributed by atoms with E-state index < -0.39 is 0 Å². The molecular formula is C13H14N2. The summed E-state index contributed by atoms with van der Waals surface area (Å²) in [6, 6.07) is 9.66. The Bertz CT molecular complexity index is 378. The zero-order valence-electron chi connectivity index (χ0n) is 8.90. The SMILES string of the molecule is C#CCCCN(C)c1ccc(C#N)cc1. The molecule has 0 bridgehead atoms. The molecule has 1 aromatic carbocycles. The highest BCUT2D eigenvalue weighted by Gasteiger charge is 1.99. The maximum absolute atomic E-state index is 8.65. The smallest absolute Gasteiger partial charge is 0.0991 e. The molecule has 0 aromatic heterocycles. The molecule has 0 amide bonds. The molecule has 0 unspecified atom stereocenters. The predicted molar refractivity (Wildman–Crippen MR) is 62.5 cm³/mol. The van der Waals surface area contributed by atoms with Gasteiger partial charge in [0.25, 0.3) is 0 Å². The lowest BCUT2D eigenvalue weighted by Gasteiger charge is -2.18. The number of benzene rings is 1. The van der Waals surface area contributed by atoms with Crippen molar-refractivity contribution in [2.75, 3.05) is 18.5 Å². The third-order valence-corrected chi connectivity index (χ3v) is 2.25. The number of unbranched alkanes of at least 4 members (excludes halogenated alkanes) is 1. The van der Waals surface area contributed by atoms with Crippen molar-refractivity contribution in [1.29, 1.82) is 5.26 Å². The number of rotatable bonds is 4. The fraction of sp³-hybridized carbons (Fsp3) is 0.308. The average Bonchev–Trinajstić information content (AvgIpc) is 2.29. The molecule has 0 atom stereocenters. The molecule has 0 N–H and O–H groups in total. The van der Waals surface area contributed by atoms with Gasteiger partial charge in [-0.25, -0.2) is 0 Å². The van der Waals surface area contributed by atoms with Gasteiger partial charge in [0, 0.05) is 25.7 Å². The van der Waals surface area contributed by atoms with E-state index in [1.807, 2.05) is 31.3 Å². The molecule has 0 saturated carbocycles. The molecule has 2 nitrogen and oxygen atoms in total. The molecule has 0 radical (unpaired) electrons. The van der Waals surface area contributed by atoms with E-state index in [9.17, 15) is 0 Å². The first-order chi connectivity index (χ1) is 7.27. The Balaban J connectivity index is 2.55. The van der Waals surface area contributed by atoms with Crippen molar-refractivity contribution in [2.45, 2.75) is 12.8 Å². The van der Waals surface area contributed by atoms with E-state index in [0.29, 0.717) is 5.56 Å². The standard InChI is InChI=1S/C13H14N2/c1-3-4-5-10-15(2)13-8-6-12(11-14)7-9-13/h1,6-9H,4-5,10H2,2H3. The largest absolute Gasteiger partial charge is 0.375 e. The van der Waals surface area contributed by atoms with Crippen LogP contribution in [0.4, 0.5) is 5.69 Å². The molecule has 0 spiro atoms. The fourth-order valence-corrected chi connectivity index (χ4v) is 1.34. The van der Waals surface area contributed by atoms with Gasteiger partial charge in [0.2, 0.25) is 0 Å². The Morgan fingerprint density at radius 1 is 1.33 bits per heavy atom. The van der Waals surface area contributed by atoms with Gasteiger partial charge in [-0.2, -0.15) is 5.26 Å². The van der Waals surface area contributed by atoms with Crippen LogP contribution in [-0.2, 0) is 0 Å². The van der Waals surface area contributed by atoms with E-state index in [1.54, 1.807) is 0 Å². The van der Waals surface area contributed by atoms with Crippen molar-refractivity contribution >= 4 is 5.69 Å². The van der Waals surface area contributed by atoms with Crippen LogP contribution in [0.2, 0.25) is 0 Å². The Kier molecular flexibility index (Phi) is 4.26. The van der Waals surface area contributed by atoms with Gasteiger partial charge in [-0.3, -0.25) is 0 Å². The maximum atomic E-state index is 8.65. The third-order valence-electron chi connectivity index (χ3n) is 2.25. The van der Waals surface area contributed by atoms with Gasteiger partial charge in [0.05, 0.1) is 11.6 Å². The van der Waals surface area contributed by atoms with Crippen LogP contribution in [0.1, 0.15) is 18.4 Å². The van der Waals surface area contributed by atoms with Crippen LogP contribution in [0, 0.1) is 23.7 Å². The van der Waals surface area contributed by atoms with Crippen LogP contribution in [0.3, 0.4) is 0 Å². The topological polar surface area (TPSA) is 27.0 Å². The second-order valence-electron chi connectivity index (χ2n) is 3.39. The van der Waals surface area contributed by atoms with Crippen LogP contribution in [0.15, 0.2) is 24.3 Å². The molecule has 0 aliphatic rings. The van der Waals surface area contributed by atoms with Crippen LogP contribution in [0.25, 0.3) is 0 Å². The molecular weight excluding hydrogens is 184 g/mol. The first-order valence-corrected chi connectivity index (χ1v) is 4.92. The second-order valence-corrected chi connectivity index (χ2v) is 3.39. The summed E-state index contributed by atoms with van der Waals surface area (Å²) in [5.41, 5.74) is 1.81. The molecule has 15 heavy (non-hydrogen) atoms. The first-order valence-electron chi connectivity index (χ1n) is 4.92. The van der Waals surface area contributed by atoms with Gasteiger partial charge < -0.3 is 4.90 Å². The number of terminal acetylenes is 1. The Morgan fingerprint density at radius 3 is 2.53 bits per heavy atom. The Hall–Kier alpha value is -1.93. The summed E-state index contributed by atoms with van der Waals surface area (Å²) in [4.78, 5) is 2.14. The highest BCUT2D eigenvalue weighted by Crippen LogP contribution is 2.13. The molecule has 1 rings (SSSR count). The molecule has 76 valence electrons. The van der Waals surface area contributed by atoms with Crippen molar-refractivity contribution in [3.05, 3.63) is 29.8 Å². The van der Waals surface area contributed by atoms with E-state index in [1.165, 1.54) is 0 Å². The van der Waals surface area contributed by atoms with Gasteiger partial charge in [-0.15, -0.1) is 12.3 Å². The first kappa shape index (κ1) is 11.1. The van der Waals surface area contributed by atoms with Crippen LogP contribution < -0.4 is 4.90 Å². The summed E-state index contributed by atoms with van der Waals surface area (Å²) in [7, 11) is 2.03. The monoisotopic (exact) mass is 198 g/mol. The summed E-state index contributed by atoms with van der Waals surface area (Å²) in [6.07, 6.45) is 6.99. The fourth-order valence-electron chi connectivity index (χ4n) is 1.34. The third kappa shape index (κ3) is 3.37. The number of hydrogen-bond acceptors (Lipinski definition) is 2. The van der Waals surface area contributed by atoms with E-state index in [0.717, 1.165) is 25.1 Å². The summed E-state index contributed by atoms with van der Waals surface area (Å²) in [5, 5.41) is 8.65. The van der Waals surface area contributed by atoms with Crippen molar-refractivity contribution in [3.8, 4) is 18.4 Å². The van der Waals surface area contributed by atoms with E-state index in [-0.39, 0.29) is 0 Å². The normalized spacial score (nSPS) is 9.00. The zero-order chi connectivity index (χ0) is 11.1. The Labute approximate surface area is 91.1 Å². The lowest BCUT2D eigenvalue weighted by atomic mass is 10.2. The second kappa shape index (κ2) is 5.73. The van der Waals surface area contributed by atoms with Gasteiger partial charge in [0.1, 0.15) is 0 Å². The molecule has 0 heterocycles. The summed E-state index contributed by atoms with van der Waals surface area (Å²) in [6.45, 7) is 0.941. The number of anilines is 1. The van der Waals surface area contributed by atoms with Crippen LogP contribution >= 0.6 is 0 Å². The number of nitriles is 1. The summed E-state index contributed by atoms with van der Waals surface area (Å²) < 4.78 is 0. The average molecular weight is 198 g/mol. The molecule has 0 fully saturated rings. The maximum Gasteiger partial charge on any atom is 0.0991 e. The quantitative estimate of drug-likeness (QED) is 0.548. The van der Waals surface area contributed by atoms with Crippen molar-refractivity contribution in [1.82, 2.24) is 0 Å². The van der Waals surface area contributed by atoms with Gasteiger partial charge in [0.15, 0.2) is 0 Å². The summed E-state index contributed by atoms with van der Waals surface area (Å²) in [5.74, 6) is 2.62. The van der Waals surface area contributed by atoms with Crippen LogP contribution in [0.5, 0.6) is 0 Å². The summed E-state index contributed by atoms with van der Waals surface area (Å²) >= 11 is 0. The van der Waals surface area contributed by atoms with Crippen molar-refractivity contribution < 1.29 is 0 Å². The van der Waals surface area contributed by atoms with Crippen molar-refractivity contribution in [3.63, 3.8) is 0 Å². The minimum Gasteiger partial charge on any atom is -0.375 e. The lowest BCUT2D eigenvalue weighted by Crippen LogP contribution is -2.18. The predicted octanol–water partition coefficient (Wildman–Crippen LogP) is 2.41. The lowest BCUT2D eigenvalue weighted by molar-refractivity contribution is 0.811. The minimum atomic E-state index is 0.691. The van der Waals surface area contributed by atoms with Crippen molar-refractivity contribution in [2.24, 2.45) is 0 Å². The molecule has 2 heteroatoms. The van der Waals surface area contributed by atoms with Gasteiger partial charge >= 0.3 is 0 Å². The zero-order valence-corrected chi connectivity index (χ0v) is 8.90. The molecule has 0 aliphatic carbocycles. The highest BCUT2D eigenvalue weighted by atomic mass is 15.1. The molecule has 0 aliphatic heterocycles. The van der Waals surface area contributed by atoms with Gasteiger partial charge in [-0.05, 0) is 30.7 Å².